The standard InChI is InChI=1S/C7H18N2O/c1-6(10)9-5-4-7(2,3)8/h6,9-10H,4-5,8H2,1-3H3. The maximum atomic E-state index is 8.80. The van der Waals surface area contributed by atoms with Gasteiger partial charge in [0.25, 0.3) is 0 Å². The fourth-order valence-corrected chi connectivity index (χ4v) is 0.603. The van der Waals surface area contributed by atoms with E-state index in [-0.39, 0.29) is 5.54 Å². The number of nitrogens with two attached hydrogens (primary N) is 1. The van der Waals surface area contributed by atoms with Crippen LogP contribution >= 0.6 is 0 Å². The van der Waals surface area contributed by atoms with Gasteiger partial charge in [0.2, 0.25) is 0 Å². The minimum absolute atomic E-state index is 0.137. The van der Waals surface area contributed by atoms with E-state index in [0.29, 0.717) is 0 Å². The molecule has 0 saturated carbocycles. The lowest BCUT2D eigenvalue weighted by Crippen LogP contribution is -2.37. The molecule has 0 heterocycles. The van der Waals surface area contributed by atoms with Crippen LogP contribution in [0, 0.1) is 0 Å². The normalized spacial score (nSPS) is 15.3. The maximum Gasteiger partial charge on any atom is 0.102 e. The summed E-state index contributed by atoms with van der Waals surface area (Å²) in [6.45, 7) is 6.40. The first-order valence-corrected chi connectivity index (χ1v) is 3.62. The van der Waals surface area contributed by atoms with E-state index in [1.54, 1.807) is 6.92 Å². The van der Waals surface area contributed by atoms with E-state index in [2.05, 4.69) is 5.32 Å². The molecule has 3 heteroatoms. The Morgan fingerprint density at radius 1 is 1.60 bits per heavy atom. The van der Waals surface area contributed by atoms with Crippen LogP contribution in [0.25, 0.3) is 0 Å². The van der Waals surface area contributed by atoms with Gasteiger partial charge in [-0.1, -0.05) is 0 Å². The van der Waals surface area contributed by atoms with Gasteiger partial charge in [-0.25, -0.2) is 0 Å². The summed E-state index contributed by atoms with van der Waals surface area (Å²) in [6, 6.07) is 0. The molecule has 0 spiro atoms. The van der Waals surface area contributed by atoms with Crippen LogP contribution in [0.1, 0.15) is 27.2 Å². The number of rotatable bonds is 4. The smallest absolute Gasteiger partial charge is 0.102 e. The zero-order valence-corrected chi connectivity index (χ0v) is 7.02. The molecule has 0 amide bonds. The van der Waals surface area contributed by atoms with E-state index in [0.717, 1.165) is 13.0 Å². The zero-order chi connectivity index (χ0) is 8.20. The molecular weight excluding hydrogens is 128 g/mol. The molecule has 0 fully saturated rings. The highest BCUT2D eigenvalue weighted by atomic mass is 16.3. The second-order valence-corrected chi connectivity index (χ2v) is 3.37. The first-order valence-electron chi connectivity index (χ1n) is 3.62. The van der Waals surface area contributed by atoms with Crippen LogP contribution in [0.3, 0.4) is 0 Å². The summed E-state index contributed by atoms with van der Waals surface area (Å²) < 4.78 is 0. The summed E-state index contributed by atoms with van der Waals surface area (Å²) in [4.78, 5) is 0. The van der Waals surface area contributed by atoms with Crippen molar-refractivity contribution in [1.29, 1.82) is 0 Å². The molecule has 0 aliphatic carbocycles. The van der Waals surface area contributed by atoms with Crippen LogP contribution in [0.2, 0.25) is 0 Å². The van der Waals surface area contributed by atoms with Crippen LogP contribution < -0.4 is 11.1 Å². The molecular formula is C7H18N2O. The Hall–Kier alpha value is -0.120. The minimum Gasteiger partial charge on any atom is -0.379 e. The van der Waals surface area contributed by atoms with Gasteiger partial charge in [-0.2, -0.15) is 0 Å². The molecule has 1 unspecified atom stereocenters. The monoisotopic (exact) mass is 146 g/mol. The van der Waals surface area contributed by atoms with E-state index in [1.165, 1.54) is 0 Å². The predicted molar refractivity (Wildman–Crippen MR) is 42.6 cm³/mol. The Kier molecular flexibility index (Phi) is 3.86. The number of hydrogen-bond acceptors (Lipinski definition) is 3. The highest BCUT2D eigenvalue weighted by Crippen LogP contribution is 2.00. The lowest BCUT2D eigenvalue weighted by Gasteiger charge is -2.18. The molecule has 0 aromatic heterocycles. The van der Waals surface area contributed by atoms with Crippen LogP contribution in [0.4, 0.5) is 0 Å². The largest absolute Gasteiger partial charge is 0.379 e. The van der Waals surface area contributed by atoms with Crippen LogP contribution in [-0.2, 0) is 0 Å². The summed E-state index contributed by atoms with van der Waals surface area (Å²) in [5, 5.41) is 11.7. The number of hydrogen-bond donors (Lipinski definition) is 3. The van der Waals surface area contributed by atoms with E-state index >= 15 is 0 Å². The highest BCUT2D eigenvalue weighted by molar-refractivity contribution is 4.72. The van der Waals surface area contributed by atoms with Crippen molar-refractivity contribution in [2.45, 2.75) is 39.0 Å². The van der Waals surface area contributed by atoms with Crippen molar-refractivity contribution in [3.05, 3.63) is 0 Å². The first kappa shape index (κ1) is 9.88. The van der Waals surface area contributed by atoms with Gasteiger partial charge in [0.1, 0.15) is 6.23 Å². The van der Waals surface area contributed by atoms with Crippen molar-refractivity contribution in [3.8, 4) is 0 Å². The fourth-order valence-electron chi connectivity index (χ4n) is 0.603. The third-order valence-corrected chi connectivity index (χ3v) is 1.21. The van der Waals surface area contributed by atoms with Crippen molar-refractivity contribution in [3.63, 3.8) is 0 Å². The van der Waals surface area contributed by atoms with Crippen LogP contribution in [0.15, 0.2) is 0 Å². The zero-order valence-electron chi connectivity index (χ0n) is 7.02. The number of nitrogens with one attached hydrogen (secondary N) is 1. The average Bonchev–Trinajstić information content (AvgIpc) is 1.59. The van der Waals surface area contributed by atoms with Gasteiger partial charge < -0.3 is 10.8 Å². The Morgan fingerprint density at radius 2 is 2.10 bits per heavy atom. The average molecular weight is 146 g/mol. The van der Waals surface area contributed by atoms with Crippen LogP contribution in [0.5, 0.6) is 0 Å². The quantitative estimate of drug-likeness (QED) is 0.491. The van der Waals surface area contributed by atoms with Gasteiger partial charge in [0, 0.05) is 5.54 Å². The Bertz CT molecular complexity index is 86.1. The summed E-state index contributed by atoms with van der Waals surface area (Å²) in [7, 11) is 0. The maximum absolute atomic E-state index is 8.80. The van der Waals surface area contributed by atoms with Gasteiger partial charge in [-0.15, -0.1) is 0 Å². The number of aliphatic hydroxyl groups is 1. The SMILES string of the molecule is CC(O)NCCC(C)(C)N. The third-order valence-electron chi connectivity index (χ3n) is 1.21. The molecule has 1 atom stereocenters. The second-order valence-electron chi connectivity index (χ2n) is 3.37. The van der Waals surface area contributed by atoms with Gasteiger partial charge in [0.15, 0.2) is 0 Å². The lowest BCUT2D eigenvalue weighted by atomic mass is 10.0. The molecule has 0 aromatic carbocycles. The predicted octanol–water partition coefficient (Wildman–Crippen LogP) is 0.0417. The molecule has 0 aliphatic rings. The molecule has 0 saturated heterocycles. The number of aliphatic hydroxyl groups excluding tert-OH is 1. The Morgan fingerprint density at radius 3 is 2.40 bits per heavy atom. The summed E-state index contributed by atoms with van der Waals surface area (Å²) in [5.74, 6) is 0. The Balaban J connectivity index is 3.21. The van der Waals surface area contributed by atoms with E-state index in [1.807, 2.05) is 13.8 Å². The molecule has 62 valence electrons. The summed E-state index contributed by atoms with van der Waals surface area (Å²) in [6.07, 6.45) is 0.445. The van der Waals surface area contributed by atoms with Crippen LogP contribution in [-0.4, -0.2) is 23.4 Å². The van der Waals surface area contributed by atoms with E-state index < -0.39 is 6.23 Å². The van der Waals surface area contributed by atoms with Gasteiger partial charge >= 0.3 is 0 Å². The van der Waals surface area contributed by atoms with Crippen molar-refractivity contribution in [2.75, 3.05) is 6.54 Å². The lowest BCUT2D eigenvalue weighted by molar-refractivity contribution is 0.154. The molecule has 0 aromatic rings. The van der Waals surface area contributed by atoms with Crippen molar-refractivity contribution >= 4 is 0 Å². The molecule has 0 rings (SSSR count). The summed E-state index contributed by atoms with van der Waals surface area (Å²) in [5.41, 5.74) is 5.56. The Labute approximate surface area is 62.6 Å². The van der Waals surface area contributed by atoms with Gasteiger partial charge in [0.05, 0.1) is 0 Å². The second kappa shape index (κ2) is 3.91. The van der Waals surface area contributed by atoms with Crippen molar-refractivity contribution in [1.82, 2.24) is 5.32 Å². The molecule has 4 N–H and O–H groups in total. The third kappa shape index (κ3) is 7.88. The molecule has 10 heavy (non-hydrogen) atoms. The van der Waals surface area contributed by atoms with E-state index in [9.17, 15) is 0 Å². The molecule has 3 nitrogen and oxygen atoms in total. The highest BCUT2D eigenvalue weighted by Gasteiger charge is 2.09. The van der Waals surface area contributed by atoms with Crippen molar-refractivity contribution in [2.24, 2.45) is 5.73 Å². The van der Waals surface area contributed by atoms with Crippen molar-refractivity contribution < 1.29 is 5.11 Å². The molecule has 0 radical (unpaired) electrons. The fraction of sp³-hybridized carbons (Fsp3) is 1.00. The van der Waals surface area contributed by atoms with Gasteiger partial charge in [-0.05, 0) is 33.7 Å². The first-order chi connectivity index (χ1) is 4.42. The molecule has 0 aliphatic heterocycles. The minimum atomic E-state index is -0.428. The topological polar surface area (TPSA) is 58.3 Å². The van der Waals surface area contributed by atoms with E-state index in [4.69, 9.17) is 10.8 Å². The van der Waals surface area contributed by atoms with Gasteiger partial charge in [-0.3, -0.25) is 5.32 Å². The summed E-state index contributed by atoms with van der Waals surface area (Å²) >= 11 is 0. The molecule has 0 bridgehead atoms.